The quantitative estimate of drug-likeness (QED) is 0.766. The molecule has 0 aromatic carbocycles. The van der Waals surface area contributed by atoms with E-state index in [-0.39, 0.29) is 5.54 Å². The molecule has 3 atom stereocenters. The maximum Gasteiger partial charge on any atom is 0.0663 e. The fourth-order valence-electron chi connectivity index (χ4n) is 2.70. The van der Waals surface area contributed by atoms with Crippen LogP contribution >= 0.6 is 11.8 Å². The number of hydrogen-bond acceptors (Lipinski definition) is 4. The minimum atomic E-state index is 0.142. The Morgan fingerprint density at radius 1 is 1.40 bits per heavy atom. The zero-order valence-corrected chi connectivity index (χ0v) is 10.6. The van der Waals surface area contributed by atoms with Gasteiger partial charge >= 0.3 is 0 Å². The van der Waals surface area contributed by atoms with Gasteiger partial charge in [0.15, 0.2) is 0 Å². The van der Waals surface area contributed by atoms with E-state index in [0.717, 1.165) is 49.8 Å². The van der Waals surface area contributed by atoms with Crippen molar-refractivity contribution in [2.45, 2.75) is 36.3 Å². The molecule has 3 unspecified atom stereocenters. The Hall–Kier alpha value is 0.230. The van der Waals surface area contributed by atoms with Crippen LogP contribution in [0.5, 0.6) is 0 Å². The summed E-state index contributed by atoms with van der Waals surface area (Å²) in [6, 6.07) is 0. The number of hydrogen-bond donors (Lipinski definition) is 1. The molecule has 2 rings (SSSR count). The molecular weight excluding hydrogens is 208 g/mol. The SMILES string of the molecule is CC1CN(C2(CN)CCOC2)CC(C)S1. The van der Waals surface area contributed by atoms with Crippen LogP contribution < -0.4 is 5.73 Å². The van der Waals surface area contributed by atoms with E-state index in [0.29, 0.717) is 0 Å². The predicted octanol–water partition coefficient (Wildman–Crippen LogP) is 0.930. The highest BCUT2D eigenvalue weighted by molar-refractivity contribution is 8.00. The van der Waals surface area contributed by atoms with Crippen LogP contribution in [0.4, 0.5) is 0 Å². The molecule has 0 radical (unpaired) electrons. The van der Waals surface area contributed by atoms with Crippen LogP contribution in [-0.4, -0.2) is 53.8 Å². The van der Waals surface area contributed by atoms with Crippen molar-refractivity contribution in [1.29, 1.82) is 0 Å². The van der Waals surface area contributed by atoms with E-state index in [9.17, 15) is 0 Å². The standard InChI is InChI=1S/C11H22N2OS/c1-9-5-13(6-10(2)15-9)11(7-12)3-4-14-8-11/h9-10H,3-8,12H2,1-2H3. The first-order valence-electron chi connectivity index (χ1n) is 5.84. The molecule has 0 aliphatic carbocycles. The Morgan fingerprint density at radius 2 is 2.07 bits per heavy atom. The molecule has 2 fully saturated rings. The maximum absolute atomic E-state index is 5.96. The highest BCUT2D eigenvalue weighted by Gasteiger charge is 2.42. The van der Waals surface area contributed by atoms with Crippen LogP contribution in [-0.2, 0) is 4.74 Å². The molecule has 4 heteroatoms. The van der Waals surface area contributed by atoms with Crippen LogP contribution in [0.1, 0.15) is 20.3 Å². The van der Waals surface area contributed by atoms with E-state index in [1.165, 1.54) is 0 Å². The number of rotatable bonds is 2. The molecular formula is C11H22N2OS. The third-order valence-corrected chi connectivity index (χ3v) is 4.78. The summed E-state index contributed by atoms with van der Waals surface area (Å²) in [6.07, 6.45) is 1.10. The highest BCUT2D eigenvalue weighted by atomic mass is 32.2. The second kappa shape index (κ2) is 4.62. The summed E-state index contributed by atoms with van der Waals surface area (Å²) in [6.45, 7) is 9.39. The molecule has 0 amide bonds. The molecule has 0 saturated carbocycles. The number of thioether (sulfide) groups is 1. The van der Waals surface area contributed by atoms with Gasteiger partial charge in [-0.2, -0.15) is 11.8 Å². The Labute approximate surface area is 96.7 Å². The van der Waals surface area contributed by atoms with Gasteiger partial charge in [0.1, 0.15) is 0 Å². The number of nitrogens with two attached hydrogens (primary N) is 1. The summed E-state index contributed by atoms with van der Waals surface area (Å²) in [5.74, 6) is 0. The molecule has 2 N–H and O–H groups in total. The van der Waals surface area contributed by atoms with E-state index in [4.69, 9.17) is 10.5 Å². The lowest BCUT2D eigenvalue weighted by Gasteiger charge is -2.45. The van der Waals surface area contributed by atoms with Crippen molar-refractivity contribution >= 4 is 11.8 Å². The topological polar surface area (TPSA) is 38.5 Å². The van der Waals surface area contributed by atoms with Gasteiger partial charge in [0.25, 0.3) is 0 Å². The first-order valence-corrected chi connectivity index (χ1v) is 6.79. The van der Waals surface area contributed by atoms with Gasteiger partial charge in [-0.1, -0.05) is 13.8 Å². The van der Waals surface area contributed by atoms with E-state index < -0.39 is 0 Å². The monoisotopic (exact) mass is 230 g/mol. The van der Waals surface area contributed by atoms with Crippen molar-refractivity contribution in [2.75, 3.05) is 32.8 Å². The summed E-state index contributed by atoms with van der Waals surface area (Å²) in [5.41, 5.74) is 6.10. The highest BCUT2D eigenvalue weighted by Crippen LogP contribution is 2.33. The van der Waals surface area contributed by atoms with Crippen molar-refractivity contribution in [1.82, 2.24) is 4.90 Å². The van der Waals surface area contributed by atoms with Crippen LogP contribution in [0.3, 0.4) is 0 Å². The van der Waals surface area contributed by atoms with Gasteiger partial charge in [-0.05, 0) is 6.42 Å². The average Bonchev–Trinajstić information content (AvgIpc) is 2.65. The zero-order valence-electron chi connectivity index (χ0n) is 9.74. The lowest BCUT2D eigenvalue weighted by molar-refractivity contribution is 0.0705. The van der Waals surface area contributed by atoms with Crippen molar-refractivity contribution < 1.29 is 4.74 Å². The Bertz CT molecular complexity index is 209. The van der Waals surface area contributed by atoms with Gasteiger partial charge in [-0.15, -0.1) is 0 Å². The van der Waals surface area contributed by atoms with Crippen molar-refractivity contribution in [3.05, 3.63) is 0 Å². The third kappa shape index (κ3) is 2.33. The molecule has 88 valence electrons. The van der Waals surface area contributed by atoms with Crippen molar-refractivity contribution in [3.63, 3.8) is 0 Å². The molecule has 0 aromatic rings. The first kappa shape index (κ1) is 11.7. The van der Waals surface area contributed by atoms with Gasteiger partial charge in [0.2, 0.25) is 0 Å². The maximum atomic E-state index is 5.96. The number of ether oxygens (including phenoxy) is 1. The third-order valence-electron chi connectivity index (χ3n) is 3.55. The van der Waals surface area contributed by atoms with E-state index in [2.05, 4.69) is 30.5 Å². The molecule has 2 aliphatic heterocycles. The smallest absolute Gasteiger partial charge is 0.0663 e. The van der Waals surface area contributed by atoms with E-state index in [1.807, 2.05) is 0 Å². The molecule has 3 nitrogen and oxygen atoms in total. The Balaban J connectivity index is 2.07. The fourth-order valence-corrected chi connectivity index (χ4v) is 4.03. The Kier molecular flexibility index (Phi) is 3.60. The van der Waals surface area contributed by atoms with Crippen LogP contribution in [0, 0.1) is 0 Å². The average molecular weight is 230 g/mol. The fraction of sp³-hybridized carbons (Fsp3) is 1.00. The summed E-state index contributed by atoms with van der Waals surface area (Å²) >= 11 is 2.09. The molecule has 15 heavy (non-hydrogen) atoms. The van der Waals surface area contributed by atoms with Gasteiger partial charge in [-0.3, -0.25) is 4.90 Å². The summed E-state index contributed by atoms with van der Waals surface area (Å²) < 4.78 is 5.55. The van der Waals surface area contributed by atoms with E-state index in [1.54, 1.807) is 0 Å². The number of nitrogens with zero attached hydrogens (tertiary/aromatic N) is 1. The molecule has 2 heterocycles. The lowest BCUT2D eigenvalue weighted by atomic mass is 9.95. The molecule has 2 aliphatic rings. The summed E-state index contributed by atoms with van der Waals surface area (Å²) in [7, 11) is 0. The van der Waals surface area contributed by atoms with Crippen LogP contribution in [0.25, 0.3) is 0 Å². The summed E-state index contributed by atoms with van der Waals surface area (Å²) in [4.78, 5) is 2.58. The van der Waals surface area contributed by atoms with Gasteiger partial charge in [0.05, 0.1) is 12.1 Å². The van der Waals surface area contributed by atoms with Gasteiger partial charge < -0.3 is 10.5 Å². The lowest BCUT2D eigenvalue weighted by Crippen LogP contribution is -2.59. The largest absolute Gasteiger partial charge is 0.379 e. The molecule has 0 bridgehead atoms. The first-order chi connectivity index (χ1) is 7.16. The van der Waals surface area contributed by atoms with Crippen LogP contribution in [0.2, 0.25) is 0 Å². The second-order valence-corrected chi connectivity index (χ2v) is 6.77. The second-order valence-electron chi connectivity index (χ2n) is 4.89. The Morgan fingerprint density at radius 3 is 2.53 bits per heavy atom. The minimum absolute atomic E-state index is 0.142. The molecule has 0 spiro atoms. The normalized spacial score (nSPS) is 43.4. The zero-order chi connectivity index (χ0) is 10.9. The minimum Gasteiger partial charge on any atom is -0.379 e. The van der Waals surface area contributed by atoms with Gasteiger partial charge in [-0.25, -0.2) is 0 Å². The van der Waals surface area contributed by atoms with Gasteiger partial charge in [0, 0.05) is 36.7 Å². The summed E-state index contributed by atoms with van der Waals surface area (Å²) in [5, 5.41) is 1.44. The van der Waals surface area contributed by atoms with Crippen molar-refractivity contribution in [2.24, 2.45) is 5.73 Å². The predicted molar refractivity (Wildman–Crippen MR) is 65.3 cm³/mol. The molecule has 0 aromatic heterocycles. The van der Waals surface area contributed by atoms with Crippen LogP contribution in [0.15, 0.2) is 0 Å². The molecule has 2 saturated heterocycles. The van der Waals surface area contributed by atoms with Crippen molar-refractivity contribution in [3.8, 4) is 0 Å². The van der Waals surface area contributed by atoms with E-state index >= 15 is 0 Å².